The molecular formula is C20H18N6O6S. The number of amides is 1. The van der Waals surface area contributed by atoms with Gasteiger partial charge in [0, 0.05) is 56.4 Å². The maximum Gasteiger partial charge on any atom is 0.420 e. The summed E-state index contributed by atoms with van der Waals surface area (Å²) >= 11 is 1.40. The van der Waals surface area contributed by atoms with Crippen molar-refractivity contribution in [2.45, 2.75) is 13.1 Å². The maximum atomic E-state index is 12.8. The van der Waals surface area contributed by atoms with Crippen LogP contribution in [0.5, 0.6) is 0 Å². The van der Waals surface area contributed by atoms with Crippen LogP contribution in [0.3, 0.4) is 0 Å². The zero-order valence-electron chi connectivity index (χ0n) is 17.2. The molecule has 12 nitrogen and oxygen atoms in total. The average molecular weight is 470 g/mol. The number of non-ortho nitro benzene ring substituents is 1. The number of piperazine rings is 1. The second-order valence-corrected chi connectivity index (χ2v) is 8.53. The third-order valence-electron chi connectivity index (χ3n) is 5.62. The molecule has 4 aromatic rings. The van der Waals surface area contributed by atoms with E-state index in [1.165, 1.54) is 44.6 Å². The highest BCUT2D eigenvalue weighted by Gasteiger charge is 2.24. The Morgan fingerprint density at radius 1 is 1.18 bits per heavy atom. The van der Waals surface area contributed by atoms with Crippen LogP contribution < -0.4 is 11.3 Å². The molecule has 1 saturated heterocycles. The molecule has 0 N–H and O–H groups in total. The Balaban J connectivity index is 1.23. The molecule has 0 saturated carbocycles. The minimum Gasteiger partial charge on any atom is -0.407 e. The first kappa shape index (κ1) is 21.0. The number of hydrogen-bond donors (Lipinski definition) is 0. The fraction of sp³-hybridized carbons (Fsp3) is 0.300. The molecule has 5 rings (SSSR count). The van der Waals surface area contributed by atoms with Crippen molar-refractivity contribution in [1.82, 2.24) is 23.8 Å². The molecule has 170 valence electrons. The van der Waals surface area contributed by atoms with Gasteiger partial charge in [-0.2, -0.15) is 0 Å². The predicted octanol–water partition coefficient (Wildman–Crippen LogP) is 0.916. The Kier molecular flexibility index (Phi) is 5.26. The second-order valence-electron chi connectivity index (χ2n) is 7.66. The van der Waals surface area contributed by atoms with Crippen LogP contribution in [0.25, 0.3) is 16.1 Å². The van der Waals surface area contributed by atoms with E-state index in [2.05, 4.69) is 9.88 Å². The number of aromatic nitrogens is 3. The first-order valence-corrected chi connectivity index (χ1v) is 11.0. The van der Waals surface area contributed by atoms with Gasteiger partial charge in [-0.3, -0.25) is 33.6 Å². The van der Waals surface area contributed by atoms with Gasteiger partial charge in [0.2, 0.25) is 5.91 Å². The number of thiazole rings is 1. The summed E-state index contributed by atoms with van der Waals surface area (Å²) < 4.78 is 7.77. The summed E-state index contributed by atoms with van der Waals surface area (Å²) in [5, 5.41) is 12.7. The van der Waals surface area contributed by atoms with E-state index in [-0.39, 0.29) is 29.3 Å². The van der Waals surface area contributed by atoms with Crippen LogP contribution in [-0.2, 0) is 17.9 Å². The summed E-state index contributed by atoms with van der Waals surface area (Å²) in [7, 11) is 0. The van der Waals surface area contributed by atoms with Crippen molar-refractivity contribution < 1.29 is 14.1 Å². The van der Waals surface area contributed by atoms with E-state index in [9.17, 15) is 24.5 Å². The highest BCUT2D eigenvalue weighted by Crippen LogP contribution is 2.20. The SMILES string of the molecule is O=C(Cn1c(=O)oc2cc([N+](=O)[O-])ccc21)N1CCN(Cc2cc(=O)n3ccsc3n2)CC1. The molecule has 0 spiro atoms. The zero-order chi connectivity index (χ0) is 23.1. The lowest BCUT2D eigenvalue weighted by molar-refractivity contribution is -0.384. The van der Waals surface area contributed by atoms with E-state index in [1.807, 2.05) is 5.38 Å². The van der Waals surface area contributed by atoms with Gasteiger partial charge in [-0.25, -0.2) is 9.78 Å². The lowest BCUT2D eigenvalue weighted by Gasteiger charge is -2.34. The normalized spacial score (nSPS) is 14.8. The number of rotatable bonds is 5. The van der Waals surface area contributed by atoms with Crippen molar-refractivity contribution in [3.8, 4) is 0 Å². The molecule has 1 aliphatic heterocycles. The van der Waals surface area contributed by atoms with Gasteiger partial charge in [0.15, 0.2) is 10.5 Å². The largest absolute Gasteiger partial charge is 0.420 e. The maximum absolute atomic E-state index is 12.8. The van der Waals surface area contributed by atoms with Crippen molar-refractivity contribution in [2.75, 3.05) is 26.2 Å². The minimum absolute atomic E-state index is 0.0675. The number of carbonyl (C=O) groups excluding carboxylic acids is 1. The van der Waals surface area contributed by atoms with Gasteiger partial charge >= 0.3 is 5.76 Å². The molecule has 0 atom stereocenters. The summed E-state index contributed by atoms with van der Waals surface area (Å²) in [4.78, 5) is 56.5. The smallest absolute Gasteiger partial charge is 0.407 e. The first-order chi connectivity index (χ1) is 15.9. The number of benzene rings is 1. The van der Waals surface area contributed by atoms with Gasteiger partial charge in [0.1, 0.15) is 6.54 Å². The van der Waals surface area contributed by atoms with Gasteiger partial charge in [-0.05, 0) is 6.07 Å². The Labute approximate surface area is 189 Å². The van der Waals surface area contributed by atoms with Crippen LogP contribution in [0, 0.1) is 10.1 Å². The monoisotopic (exact) mass is 470 g/mol. The molecule has 0 aliphatic carbocycles. The van der Waals surface area contributed by atoms with Crippen LogP contribution in [0.4, 0.5) is 5.69 Å². The van der Waals surface area contributed by atoms with E-state index >= 15 is 0 Å². The number of oxazole rings is 1. The van der Waals surface area contributed by atoms with E-state index in [0.717, 1.165) is 0 Å². The molecular weight excluding hydrogens is 452 g/mol. The fourth-order valence-corrected chi connectivity index (χ4v) is 4.65. The fourth-order valence-electron chi connectivity index (χ4n) is 3.91. The van der Waals surface area contributed by atoms with Crippen molar-refractivity contribution >= 4 is 39.0 Å². The molecule has 0 bridgehead atoms. The predicted molar refractivity (Wildman–Crippen MR) is 118 cm³/mol. The van der Waals surface area contributed by atoms with Crippen LogP contribution in [0.15, 0.2) is 49.8 Å². The minimum atomic E-state index is -0.737. The molecule has 33 heavy (non-hydrogen) atoms. The number of carbonyl (C=O) groups is 1. The number of nitro benzene ring substituents is 1. The van der Waals surface area contributed by atoms with Crippen molar-refractivity contribution in [3.05, 3.63) is 72.6 Å². The number of nitro groups is 1. The van der Waals surface area contributed by atoms with Gasteiger partial charge in [-0.15, -0.1) is 11.3 Å². The summed E-state index contributed by atoms with van der Waals surface area (Å²) in [6.07, 6.45) is 1.69. The van der Waals surface area contributed by atoms with Gasteiger partial charge in [0.05, 0.1) is 22.2 Å². The lowest BCUT2D eigenvalue weighted by atomic mass is 10.2. The van der Waals surface area contributed by atoms with Gasteiger partial charge in [0.25, 0.3) is 11.2 Å². The third-order valence-corrected chi connectivity index (χ3v) is 6.38. The Morgan fingerprint density at radius 3 is 2.73 bits per heavy atom. The molecule has 13 heteroatoms. The number of hydrogen-bond acceptors (Lipinski definition) is 9. The first-order valence-electron chi connectivity index (χ1n) is 10.1. The van der Waals surface area contributed by atoms with E-state index in [1.54, 1.807) is 11.1 Å². The highest BCUT2D eigenvalue weighted by molar-refractivity contribution is 7.15. The second kappa shape index (κ2) is 8.26. The summed E-state index contributed by atoms with van der Waals surface area (Å²) in [6.45, 7) is 2.44. The summed E-state index contributed by atoms with van der Waals surface area (Å²) in [6, 6.07) is 5.37. The quantitative estimate of drug-likeness (QED) is 0.310. The van der Waals surface area contributed by atoms with E-state index in [0.29, 0.717) is 48.9 Å². The summed E-state index contributed by atoms with van der Waals surface area (Å²) in [5.41, 5.74) is 0.777. The van der Waals surface area contributed by atoms with Crippen molar-refractivity contribution in [2.24, 2.45) is 0 Å². The van der Waals surface area contributed by atoms with Gasteiger partial charge < -0.3 is 9.32 Å². The van der Waals surface area contributed by atoms with Crippen molar-refractivity contribution in [1.29, 1.82) is 0 Å². The van der Waals surface area contributed by atoms with Crippen LogP contribution in [0.1, 0.15) is 5.69 Å². The van der Waals surface area contributed by atoms with Crippen molar-refractivity contribution in [3.63, 3.8) is 0 Å². The molecule has 3 aromatic heterocycles. The van der Waals surface area contributed by atoms with Crippen LogP contribution >= 0.6 is 11.3 Å². The Bertz CT molecular complexity index is 1490. The molecule has 0 unspecified atom stereocenters. The molecule has 1 amide bonds. The molecule has 4 heterocycles. The molecule has 1 aliphatic rings. The average Bonchev–Trinajstić information content (AvgIpc) is 3.38. The van der Waals surface area contributed by atoms with Crippen LogP contribution in [-0.4, -0.2) is 60.8 Å². The van der Waals surface area contributed by atoms with Crippen LogP contribution in [0.2, 0.25) is 0 Å². The molecule has 1 aromatic carbocycles. The number of fused-ring (bicyclic) bond motifs is 2. The zero-order valence-corrected chi connectivity index (χ0v) is 18.1. The molecule has 0 radical (unpaired) electrons. The highest BCUT2D eigenvalue weighted by atomic mass is 32.1. The standard InChI is InChI=1S/C20H18N6O6S/c27-17-9-13(21-19-24(17)7-8-33-19)11-22-3-5-23(6-4-22)18(28)12-25-15-2-1-14(26(30)31)10-16(15)32-20(25)29/h1-2,7-10H,3-6,11-12H2. The third kappa shape index (κ3) is 4.03. The summed E-state index contributed by atoms with van der Waals surface area (Å²) in [5.74, 6) is -0.979. The topological polar surface area (TPSA) is 136 Å². The van der Waals surface area contributed by atoms with Gasteiger partial charge in [-0.1, -0.05) is 0 Å². The van der Waals surface area contributed by atoms with E-state index in [4.69, 9.17) is 4.42 Å². The lowest BCUT2D eigenvalue weighted by Crippen LogP contribution is -2.49. The number of nitrogens with zero attached hydrogens (tertiary/aromatic N) is 6. The Morgan fingerprint density at radius 2 is 1.97 bits per heavy atom. The van der Waals surface area contributed by atoms with E-state index < -0.39 is 10.7 Å². The molecule has 1 fully saturated rings. The Hall–Kier alpha value is -3.84.